The zero-order valence-electron chi connectivity index (χ0n) is 15.2. The van der Waals surface area contributed by atoms with E-state index in [0.29, 0.717) is 22.0 Å². The predicted octanol–water partition coefficient (Wildman–Crippen LogP) is 4.76. The molecule has 0 radical (unpaired) electrons. The number of amides is 1. The number of hydrogen-bond donors (Lipinski definition) is 1. The molecular weight excluding hydrogens is 398 g/mol. The maximum atomic E-state index is 12.0. The topological polar surface area (TPSA) is 72.5 Å². The van der Waals surface area contributed by atoms with Gasteiger partial charge >= 0.3 is 5.97 Å². The van der Waals surface area contributed by atoms with Crippen LogP contribution in [0.4, 0.5) is 5.69 Å². The van der Waals surface area contributed by atoms with Gasteiger partial charge in [-0.1, -0.05) is 29.8 Å². The molecule has 0 fully saturated rings. The average Bonchev–Trinajstić information content (AvgIpc) is 2.70. The third kappa shape index (κ3) is 7.21. The van der Waals surface area contributed by atoms with Crippen molar-refractivity contribution >= 4 is 46.7 Å². The van der Waals surface area contributed by atoms with E-state index in [0.717, 1.165) is 4.90 Å². The van der Waals surface area contributed by atoms with Gasteiger partial charge in [0.2, 0.25) is 0 Å². The largest absolute Gasteiger partial charge is 0.456 e. The molecule has 5 nitrogen and oxygen atoms in total. The van der Waals surface area contributed by atoms with Gasteiger partial charge in [-0.3, -0.25) is 14.4 Å². The molecule has 0 saturated carbocycles. The highest BCUT2D eigenvalue weighted by Gasteiger charge is 2.13. The number of Topliss-reactive ketones (excluding diaryl/α,β-unsaturated/α-hetero) is 1. The summed E-state index contributed by atoms with van der Waals surface area (Å²) >= 11 is 7.32. The second kappa shape index (κ2) is 11.3. The number of thioether (sulfide) groups is 1. The molecule has 2 rings (SSSR count). The molecule has 1 N–H and O–H groups in total. The van der Waals surface area contributed by atoms with Crippen LogP contribution in [-0.4, -0.2) is 30.0 Å². The smallest absolute Gasteiger partial charge is 0.306 e. The summed E-state index contributed by atoms with van der Waals surface area (Å²) in [5, 5.41) is 3.25. The number of hydrogen-bond acceptors (Lipinski definition) is 5. The molecule has 0 aliphatic rings. The van der Waals surface area contributed by atoms with Gasteiger partial charge in [0.1, 0.15) is 0 Å². The Hall–Kier alpha value is -2.57. The lowest BCUT2D eigenvalue weighted by Gasteiger charge is -2.10. The van der Waals surface area contributed by atoms with Crippen molar-refractivity contribution in [3.05, 3.63) is 71.8 Å². The average molecular weight is 418 g/mol. The van der Waals surface area contributed by atoms with Crippen LogP contribution in [0.25, 0.3) is 0 Å². The number of nitrogens with one attached hydrogen (secondary N) is 1. The van der Waals surface area contributed by atoms with Crippen molar-refractivity contribution in [2.24, 2.45) is 0 Å². The van der Waals surface area contributed by atoms with Gasteiger partial charge in [-0.25, -0.2) is 0 Å². The van der Waals surface area contributed by atoms with Crippen molar-refractivity contribution in [1.29, 1.82) is 0 Å². The Kier molecular flexibility index (Phi) is 8.78. The second-order valence-corrected chi connectivity index (χ2v) is 7.23. The molecule has 146 valence electrons. The van der Waals surface area contributed by atoms with E-state index in [-0.39, 0.29) is 18.6 Å². The van der Waals surface area contributed by atoms with E-state index in [1.54, 1.807) is 36.4 Å². The zero-order valence-corrected chi connectivity index (χ0v) is 16.7. The maximum Gasteiger partial charge on any atom is 0.306 e. The van der Waals surface area contributed by atoms with Gasteiger partial charge in [0.15, 0.2) is 12.4 Å². The molecule has 2 aromatic carbocycles. The molecule has 0 unspecified atom stereocenters. The Labute approximate surface area is 173 Å². The molecule has 0 heterocycles. The summed E-state index contributed by atoms with van der Waals surface area (Å²) in [4.78, 5) is 36.8. The molecule has 0 aliphatic heterocycles. The van der Waals surface area contributed by atoms with Crippen LogP contribution < -0.4 is 5.32 Å². The SMILES string of the molecule is C=CCSc1ccccc1NC(=O)COC(=O)CCC(=O)c1ccc(Cl)cc1. The van der Waals surface area contributed by atoms with E-state index in [9.17, 15) is 14.4 Å². The number of ketones is 1. The number of carbonyl (C=O) groups excluding carboxylic acids is 3. The summed E-state index contributed by atoms with van der Waals surface area (Å²) in [5.41, 5.74) is 1.12. The van der Waals surface area contributed by atoms with Crippen LogP contribution in [-0.2, 0) is 14.3 Å². The Bertz CT molecular complexity index is 852. The summed E-state index contributed by atoms with van der Waals surface area (Å²) in [5.74, 6) is -0.522. The first kappa shape index (κ1) is 21.7. The Morgan fingerprint density at radius 1 is 1.07 bits per heavy atom. The summed E-state index contributed by atoms with van der Waals surface area (Å²) < 4.78 is 4.96. The lowest BCUT2D eigenvalue weighted by atomic mass is 10.1. The fourth-order valence-electron chi connectivity index (χ4n) is 2.24. The molecule has 28 heavy (non-hydrogen) atoms. The Morgan fingerprint density at radius 3 is 2.50 bits per heavy atom. The van der Waals surface area contributed by atoms with Gasteiger partial charge in [0.05, 0.1) is 12.1 Å². The molecule has 0 atom stereocenters. The van der Waals surface area contributed by atoms with Crippen LogP contribution in [0.2, 0.25) is 5.02 Å². The van der Waals surface area contributed by atoms with Crippen LogP contribution in [0, 0.1) is 0 Å². The summed E-state index contributed by atoms with van der Waals surface area (Å²) in [6.07, 6.45) is 1.68. The number of carbonyl (C=O) groups is 3. The number of rotatable bonds is 10. The third-order valence-electron chi connectivity index (χ3n) is 3.60. The fraction of sp³-hybridized carbons (Fsp3) is 0.190. The van der Waals surface area contributed by atoms with Crippen molar-refractivity contribution in [1.82, 2.24) is 0 Å². The van der Waals surface area contributed by atoms with E-state index < -0.39 is 18.5 Å². The summed E-state index contributed by atoms with van der Waals surface area (Å²) in [6.45, 7) is 3.26. The first-order valence-electron chi connectivity index (χ1n) is 8.56. The molecule has 0 spiro atoms. The minimum atomic E-state index is -0.605. The van der Waals surface area contributed by atoms with Crippen LogP contribution in [0.3, 0.4) is 0 Å². The first-order chi connectivity index (χ1) is 13.5. The van der Waals surface area contributed by atoms with Gasteiger partial charge in [0.25, 0.3) is 5.91 Å². The van der Waals surface area contributed by atoms with Crippen molar-refractivity contribution < 1.29 is 19.1 Å². The quantitative estimate of drug-likeness (QED) is 0.261. The fourth-order valence-corrected chi connectivity index (χ4v) is 3.12. The lowest BCUT2D eigenvalue weighted by molar-refractivity contribution is -0.147. The predicted molar refractivity (Wildman–Crippen MR) is 112 cm³/mol. The van der Waals surface area contributed by atoms with Crippen molar-refractivity contribution in [3.8, 4) is 0 Å². The maximum absolute atomic E-state index is 12.0. The minimum Gasteiger partial charge on any atom is -0.456 e. The lowest BCUT2D eigenvalue weighted by Crippen LogP contribution is -2.21. The Balaban J connectivity index is 1.76. The zero-order chi connectivity index (χ0) is 20.4. The van der Waals surface area contributed by atoms with Gasteiger partial charge in [0, 0.05) is 27.7 Å². The molecule has 1 amide bonds. The van der Waals surface area contributed by atoms with Gasteiger partial charge < -0.3 is 10.1 Å². The van der Waals surface area contributed by atoms with E-state index in [1.807, 2.05) is 18.2 Å². The van der Waals surface area contributed by atoms with Crippen LogP contribution in [0.5, 0.6) is 0 Å². The van der Waals surface area contributed by atoms with Gasteiger partial charge in [-0.15, -0.1) is 18.3 Å². The molecule has 2 aromatic rings. The number of benzene rings is 2. The standard InChI is InChI=1S/C21H20ClNO4S/c1-2-13-28-19-6-4-3-5-17(19)23-20(25)14-27-21(26)12-11-18(24)15-7-9-16(22)10-8-15/h2-10H,1,11-14H2,(H,23,25). The highest BCUT2D eigenvalue weighted by atomic mass is 35.5. The molecule has 0 bridgehead atoms. The van der Waals surface area contributed by atoms with Crippen LogP contribution in [0.15, 0.2) is 66.1 Å². The van der Waals surface area contributed by atoms with Crippen LogP contribution in [0.1, 0.15) is 23.2 Å². The Morgan fingerprint density at radius 2 is 1.79 bits per heavy atom. The molecule has 0 aromatic heterocycles. The summed E-state index contributed by atoms with van der Waals surface area (Å²) in [7, 11) is 0. The molecule has 0 aliphatic carbocycles. The number of ether oxygens (including phenoxy) is 1. The van der Waals surface area contributed by atoms with Gasteiger partial charge in [-0.05, 0) is 36.4 Å². The normalized spacial score (nSPS) is 10.2. The molecule has 0 saturated heterocycles. The number of esters is 1. The summed E-state index contributed by atoms with van der Waals surface area (Å²) in [6, 6.07) is 13.8. The number of halogens is 1. The first-order valence-corrected chi connectivity index (χ1v) is 9.93. The van der Waals surface area contributed by atoms with Crippen LogP contribution >= 0.6 is 23.4 Å². The molecule has 7 heteroatoms. The monoisotopic (exact) mass is 417 g/mol. The van der Waals surface area contributed by atoms with E-state index in [1.165, 1.54) is 11.8 Å². The van der Waals surface area contributed by atoms with Crippen molar-refractivity contribution in [3.63, 3.8) is 0 Å². The van der Waals surface area contributed by atoms with Crippen molar-refractivity contribution in [2.45, 2.75) is 17.7 Å². The number of anilines is 1. The van der Waals surface area contributed by atoms with E-state index >= 15 is 0 Å². The van der Waals surface area contributed by atoms with E-state index in [2.05, 4.69) is 11.9 Å². The minimum absolute atomic E-state index is 0.00309. The van der Waals surface area contributed by atoms with Gasteiger partial charge in [-0.2, -0.15) is 0 Å². The number of para-hydroxylation sites is 1. The van der Waals surface area contributed by atoms with Crippen molar-refractivity contribution in [2.75, 3.05) is 17.7 Å². The highest BCUT2D eigenvalue weighted by Crippen LogP contribution is 2.26. The third-order valence-corrected chi connectivity index (χ3v) is 4.93. The van der Waals surface area contributed by atoms with E-state index in [4.69, 9.17) is 16.3 Å². The highest BCUT2D eigenvalue weighted by molar-refractivity contribution is 7.99. The second-order valence-electron chi connectivity index (χ2n) is 5.73. The molecular formula is C21H20ClNO4S.